The molecule has 218 valence electrons. The van der Waals surface area contributed by atoms with Gasteiger partial charge in [0, 0.05) is 58.7 Å². The number of hydrogen-bond acceptors (Lipinski definition) is 3. The van der Waals surface area contributed by atoms with Crippen molar-refractivity contribution in [3.63, 3.8) is 0 Å². The maximum Gasteiger partial charge on any atom is 0.235 e. The van der Waals surface area contributed by atoms with E-state index >= 15 is 0 Å². The molecule has 0 bridgehead atoms. The van der Waals surface area contributed by atoms with Crippen LogP contribution in [0.25, 0.3) is 88.2 Å². The average molecular weight is 617 g/mol. The zero-order valence-electron chi connectivity index (χ0n) is 25.1. The molecule has 5 heteroatoms. The first kappa shape index (κ1) is 25.3. The van der Waals surface area contributed by atoms with Crippen LogP contribution in [0.15, 0.2) is 155 Å². The summed E-state index contributed by atoms with van der Waals surface area (Å²) in [5.41, 5.74) is 8.89. The SMILES string of the molecule is c1ccc(-n2c3ccccc3c3ccc4c(ccc5c6ccccc6n(-c6nc7c8c(cccc8n6)Sc6ccccc6-7)c54)c32)cc1. The molecule has 0 unspecified atom stereocenters. The van der Waals surface area contributed by atoms with Gasteiger partial charge in [-0.25, -0.2) is 9.97 Å². The van der Waals surface area contributed by atoms with Crippen molar-refractivity contribution in [2.24, 2.45) is 0 Å². The van der Waals surface area contributed by atoms with E-state index in [-0.39, 0.29) is 0 Å². The summed E-state index contributed by atoms with van der Waals surface area (Å²) >= 11 is 1.80. The Labute approximate surface area is 273 Å². The molecule has 0 saturated heterocycles. The summed E-state index contributed by atoms with van der Waals surface area (Å²) in [7, 11) is 0. The van der Waals surface area contributed by atoms with Crippen LogP contribution in [0.2, 0.25) is 0 Å². The first-order valence-corrected chi connectivity index (χ1v) is 16.7. The maximum absolute atomic E-state index is 5.42. The minimum absolute atomic E-state index is 0.689. The molecule has 47 heavy (non-hydrogen) atoms. The summed E-state index contributed by atoms with van der Waals surface area (Å²) in [6.45, 7) is 0. The number of nitrogens with zero attached hydrogens (tertiary/aromatic N) is 4. The standard InChI is InChI=1S/C42H24N4S/c1-2-11-25(12-3-1)45-34-17-7-4-13-26(34)28-21-24-31-30(40(28)45)23-22-29-27-14-5-8-18-35(27)46(41(29)31)42-43-33-16-10-20-37-38(33)39(44-42)32-15-6-9-19-36(32)47-37/h1-24H. The fourth-order valence-electron chi connectivity index (χ4n) is 7.77. The van der Waals surface area contributed by atoms with Crippen LogP contribution in [0.1, 0.15) is 0 Å². The lowest BCUT2D eigenvalue weighted by molar-refractivity contribution is 1.01. The molecule has 1 aliphatic heterocycles. The van der Waals surface area contributed by atoms with Gasteiger partial charge in [-0.05, 0) is 42.5 Å². The van der Waals surface area contributed by atoms with Crippen LogP contribution < -0.4 is 0 Å². The first-order chi connectivity index (χ1) is 23.3. The van der Waals surface area contributed by atoms with E-state index in [0.29, 0.717) is 5.95 Å². The van der Waals surface area contributed by atoms with Crippen molar-refractivity contribution >= 4 is 77.0 Å². The molecule has 0 spiro atoms. The van der Waals surface area contributed by atoms with Crippen molar-refractivity contribution in [1.29, 1.82) is 0 Å². The fourth-order valence-corrected chi connectivity index (χ4v) is 8.87. The van der Waals surface area contributed by atoms with E-state index in [9.17, 15) is 0 Å². The van der Waals surface area contributed by atoms with E-state index in [0.717, 1.165) is 38.9 Å². The molecular formula is C42H24N4S. The summed E-state index contributed by atoms with van der Waals surface area (Å²) < 4.78 is 4.71. The van der Waals surface area contributed by atoms with Crippen LogP contribution in [0.4, 0.5) is 0 Å². The molecule has 0 atom stereocenters. The van der Waals surface area contributed by atoms with Crippen LogP contribution in [0, 0.1) is 0 Å². The summed E-state index contributed by atoms with van der Waals surface area (Å²) in [6.07, 6.45) is 0. The smallest absolute Gasteiger partial charge is 0.235 e. The van der Waals surface area contributed by atoms with Gasteiger partial charge in [-0.1, -0.05) is 115 Å². The Morgan fingerprint density at radius 3 is 1.74 bits per heavy atom. The van der Waals surface area contributed by atoms with Gasteiger partial charge in [0.05, 0.1) is 33.3 Å². The summed E-state index contributed by atoms with van der Waals surface area (Å²) in [5.74, 6) is 0.689. The molecule has 0 aliphatic carbocycles. The monoisotopic (exact) mass is 616 g/mol. The van der Waals surface area contributed by atoms with E-state index in [1.54, 1.807) is 11.8 Å². The molecule has 10 aromatic rings. The normalized spacial score (nSPS) is 12.6. The van der Waals surface area contributed by atoms with Crippen molar-refractivity contribution in [3.8, 4) is 22.9 Å². The highest BCUT2D eigenvalue weighted by atomic mass is 32.2. The van der Waals surface area contributed by atoms with E-state index in [4.69, 9.17) is 9.97 Å². The van der Waals surface area contributed by atoms with Gasteiger partial charge in [0.15, 0.2) is 0 Å². The highest BCUT2D eigenvalue weighted by Gasteiger charge is 2.25. The number of para-hydroxylation sites is 3. The molecule has 0 N–H and O–H groups in total. The van der Waals surface area contributed by atoms with Gasteiger partial charge in [-0.15, -0.1) is 0 Å². The number of rotatable bonds is 2. The predicted molar refractivity (Wildman–Crippen MR) is 195 cm³/mol. The van der Waals surface area contributed by atoms with Crippen molar-refractivity contribution in [2.45, 2.75) is 9.79 Å². The highest BCUT2D eigenvalue weighted by Crippen LogP contribution is 2.47. The van der Waals surface area contributed by atoms with Crippen LogP contribution in [0.3, 0.4) is 0 Å². The van der Waals surface area contributed by atoms with Gasteiger partial charge >= 0.3 is 0 Å². The van der Waals surface area contributed by atoms with E-state index in [2.05, 4.69) is 155 Å². The second-order valence-electron chi connectivity index (χ2n) is 12.2. The molecule has 0 saturated carbocycles. The Morgan fingerprint density at radius 1 is 0.426 bits per heavy atom. The molecule has 1 aliphatic rings. The molecule has 11 rings (SSSR count). The van der Waals surface area contributed by atoms with Gasteiger partial charge in [-0.2, -0.15) is 0 Å². The third-order valence-electron chi connectivity index (χ3n) is 9.71. The maximum atomic E-state index is 5.42. The second kappa shape index (κ2) is 9.32. The molecule has 7 aromatic carbocycles. The van der Waals surface area contributed by atoms with Gasteiger partial charge < -0.3 is 4.57 Å². The Kier molecular flexibility index (Phi) is 5.02. The van der Waals surface area contributed by atoms with Gasteiger partial charge in [-0.3, -0.25) is 4.57 Å². The number of aromatic nitrogens is 4. The fraction of sp³-hybridized carbons (Fsp3) is 0. The van der Waals surface area contributed by atoms with Crippen molar-refractivity contribution in [1.82, 2.24) is 19.1 Å². The third kappa shape index (κ3) is 3.38. The largest absolute Gasteiger partial charge is 0.309 e. The average Bonchev–Trinajstić information content (AvgIpc) is 3.65. The van der Waals surface area contributed by atoms with Crippen molar-refractivity contribution in [3.05, 3.63) is 146 Å². The topological polar surface area (TPSA) is 35.6 Å². The quantitative estimate of drug-likeness (QED) is 0.194. The number of benzene rings is 7. The number of hydrogen-bond donors (Lipinski definition) is 0. The summed E-state index contributed by atoms with van der Waals surface area (Å²) in [4.78, 5) is 13.1. The number of fused-ring (bicyclic) bond motifs is 11. The van der Waals surface area contributed by atoms with Crippen LogP contribution >= 0.6 is 11.8 Å². The Bertz CT molecular complexity index is 2940. The van der Waals surface area contributed by atoms with E-state index < -0.39 is 0 Å². The Hall–Kier alpha value is -5.91. The molecule has 0 amide bonds. The zero-order chi connectivity index (χ0) is 30.6. The lowest BCUT2D eigenvalue weighted by atomic mass is 10.0. The second-order valence-corrected chi connectivity index (χ2v) is 13.3. The summed E-state index contributed by atoms with van der Waals surface area (Å²) in [6, 6.07) is 52.2. The van der Waals surface area contributed by atoms with Crippen molar-refractivity contribution < 1.29 is 0 Å². The Morgan fingerprint density at radius 2 is 1.00 bits per heavy atom. The third-order valence-corrected chi connectivity index (χ3v) is 10.8. The molecule has 4 heterocycles. The van der Waals surface area contributed by atoms with E-state index in [1.807, 2.05) is 0 Å². The lowest BCUT2D eigenvalue weighted by Gasteiger charge is -2.20. The van der Waals surface area contributed by atoms with Crippen LogP contribution in [0.5, 0.6) is 0 Å². The zero-order valence-corrected chi connectivity index (χ0v) is 25.9. The Balaban J connectivity index is 1.31. The predicted octanol–water partition coefficient (Wildman–Crippen LogP) is 11.1. The summed E-state index contributed by atoms with van der Waals surface area (Å²) in [5, 5.41) is 8.37. The lowest BCUT2D eigenvalue weighted by Crippen LogP contribution is -2.06. The first-order valence-electron chi connectivity index (χ1n) is 15.9. The highest BCUT2D eigenvalue weighted by molar-refractivity contribution is 7.99. The molecule has 0 radical (unpaired) electrons. The molecule has 0 fully saturated rings. The molecular weight excluding hydrogens is 593 g/mol. The van der Waals surface area contributed by atoms with Crippen molar-refractivity contribution in [2.75, 3.05) is 0 Å². The molecule has 4 nitrogen and oxygen atoms in total. The minimum atomic E-state index is 0.689. The van der Waals surface area contributed by atoms with Gasteiger partial charge in [0.2, 0.25) is 5.95 Å². The van der Waals surface area contributed by atoms with Gasteiger partial charge in [0.1, 0.15) is 0 Å². The van der Waals surface area contributed by atoms with Crippen LogP contribution in [-0.4, -0.2) is 19.1 Å². The van der Waals surface area contributed by atoms with Crippen LogP contribution in [-0.2, 0) is 0 Å². The minimum Gasteiger partial charge on any atom is -0.309 e. The van der Waals surface area contributed by atoms with Gasteiger partial charge in [0.25, 0.3) is 0 Å². The van der Waals surface area contributed by atoms with E-state index in [1.165, 1.54) is 53.1 Å². The molecule has 3 aromatic heterocycles.